The Morgan fingerprint density at radius 2 is 2.11 bits per heavy atom. The highest BCUT2D eigenvalue weighted by Crippen LogP contribution is 2.17. The van der Waals surface area contributed by atoms with Crippen molar-refractivity contribution < 1.29 is 4.42 Å². The first-order valence-corrected chi connectivity index (χ1v) is 7.26. The minimum absolute atomic E-state index is 0.508. The number of thioether (sulfide) groups is 1. The number of hydrogen-bond acceptors (Lipinski definition) is 7. The predicted molar refractivity (Wildman–Crippen MR) is 76.6 cm³/mol. The summed E-state index contributed by atoms with van der Waals surface area (Å²) in [5.74, 6) is 3.08. The molecule has 19 heavy (non-hydrogen) atoms. The van der Waals surface area contributed by atoms with Gasteiger partial charge in [0.15, 0.2) is 5.16 Å². The summed E-state index contributed by atoms with van der Waals surface area (Å²) in [6.07, 6.45) is 4.55. The van der Waals surface area contributed by atoms with E-state index < -0.39 is 0 Å². The molecule has 2 rings (SSSR count). The molecule has 2 aromatic heterocycles. The SMILES string of the molecule is CCc1cnc(CNc2cc(NC)nc(SC)n2)o1. The van der Waals surface area contributed by atoms with Crippen molar-refractivity contribution in [3.8, 4) is 0 Å². The van der Waals surface area contributed by atoms with Crippen LogP contribution in [0.15, 0.2) is 21.8 Å². The fourth-order valence-corrected chi connectivity index (χ4v) is 1.87. The molecule has 0 aliphatic rings. The van der Waals surface area contributed by atoms with Crippen LogP contribution >= 0.6 is 11.8 Å². The van der Waals surface area contributed by atoms with Crippen molar-refractivity contribution in [2.24, 2.45) is 0 Å². The van der Waals surface area contributed by atoms with E-state index in [1.54, 1.807) is 6.20 Å². The molecule has 0 aliphatic carbocycles. The zero-order valence-corrected chi connectivity index (χ0v) is 12.0. The van der Waals surface area contributed by atoms with E-state index in [-0.39, 0.29) is 0 Å². The van der Waals surface area contributed by atoms with E-state index in [1.165, 1.54) is 11.8 Å². The maximum atomic E-state index is 5.53. The highest BCUT2D eigenvalue weighted by Gasteiger charge is 2.05. The topological polar surface area (TPSA) is 75.9 Å². The van der Waals surface area contributed by atoms with E-state index in [0.29, 0.717) is 12.4 Å². The van der Waals surface area contributed by atoms with Crippen LogP contribution in [0.25, 0.3) is 0 Å². The molecule has 102 valence electrons. The Bertz CT molecular complexity index is 520. The third-order valence-corrected chi connectivity index (χ3v) is 3.06. The quantitative estimate of drug-likeness (QED) is 0.621. The average Bonchev–Trinajstić information content (AvgIpc) is 2.92. The van der Waals surface area contributed by atoms with E-state index >= 15 is 0 Å². The van der Waals surface area contributed by atoms with Gasteiger partial charge in [-0.2, -0.15) is 0 Å². The Hall–Kier alpha value is -1.76. The fourth-order valence-electron chi connectivity index (χ4n) is 1.49. The molecule has 7 heteroatoms. The van der Waals surface area contributed by atoms with Gasteiger partial charge in [-0.15, -0.1) is 0 Å². The summed E-state index contributed by atoms with van der Waals surface area (Å²) in [6, 6.07) is 1.85. The molecule has 2 heterocycles. The molecular weight excluding hydrogens is 262 g/mol. The molecule has 6 nitrogen and oxygen atoms in total. The fraction of sp³-hybridized carbons (Fsp3) is 0.417. The van der Waals surface area contributed by atoms with Crippen molar-refractivity contribution in [3.05, 3.63) is 23.9 Å². The second-order valence-corrected chi connectivity index (χ2v) is 4.58. The lowest BCUT2D eigenvalue weighted by molar-refractivity contribution is 0.465. The molecule has 0 atom stereocenters. The number of nitrogens with one attached hydrogen (secondary N) is 2. The highest BCUT2D eigenvalue weighted by molar-refractivity contribution is 7.98. The minimum atomic E-state index is 0.508. The van der Waals surface area contributed by atoms with Crippen molar-refractivity contribution in [2.75, 3.05) is 23.9 Å². The molecule has 0 spiro atoms. The molecule has 0 bridgehead atoms. The summed E-state index contributed by atoms with van der Waals surface area (Å²) in [5, 5.41) is 6.92. The van der Waals surface area contributed by atoms with Crippen LogP contribution in [0.4, 0.5) is 11.6 Å². The molecule has 0 radical (unpaired) electrons. The van der Waals surface area contributed by atoms with Crippen LogP contribution in [-0.4, -0.2) is 28.3 Å². The van der Waals surface area contributed by atoms with E-state index in [9.17, 15) is 0 Å². The number of aromatic nitrogens is 3. The van der Waals surface area contributed by atoms with E-state index in [0.717, 1.165) is 29.0 Å². The Morgan fingerprint density at radius 1 is 1.32 bits per heavy atom. The lowest BCUT2D eigenvalue weighted by Crippen LogP contribution is -2.04. The van der Waals surface area contributed by atoms with Crippen LogP contribution in [0.1, 0.15) is 18.6 Å². The van der Waals surface area contributed by atoms with Crippen LogP contribution in [0, 0.1) is 0 Å². The van der Waals surface area contributed by atoms with Gasteiger partial charge >= 0.3 is 0 Å². The zero-order valence-electron chi connectivity index (χ0n) is 11.2. The standard InChI is InChI=1S/C12H17N5OS/c1-4-8-6-15-11(18-8)7-14-10-5-9(13-2)16-12(17-10)19-3/h5-6H,4,7H2,1-3H3,(H2,13,14,16,17). The molecule has 2 aromatic rings. The predicted octanol–water partition coefficient (Wildman–Crippen LogP) is 2.40. The maximum absolute atomic E-state index is 5.53. The molecule has 2 N–H and O–H groups in total. The van der Waals surface area contributed by atoms with Crippen molar-refractivity contribution in [1.82, 2.24) is 15.0 Å². The van der Waals surface area contributed by atoms with Crippen molar-refractivity contribution >= 4 is 23.4 Å². The van der Waals surface area contributed by atoms with Gasteiger partial charge < -0.3 is 15.1 Å². The van der Waals surface area contributed by atoms with Crippen molar-refractivity contribution in [1.29, 1.82) is 0 Å². The number of rotatable bonds is 6. The van der Waals surface area contributed by atoms with E-state index in [4.69, 9.17) is 4.42 Å². The molecular formula is C12H17N5OS. The van der Waals surface area contributed by atoms with Gasteiger partial charge in [0, 0.05) is 19.5 Å². The van der Waals surface area contributed by atoms with Gasteiger partial charge in [-0.1, -0.05) is 18.7 Å². The first-order chi connectivity index (χ1) is 9.25. The largest absolute Gasteiger partial charge is 0.444 e. The van der Waals surface area contributed by atoms with Crippen molar-refractivity contribution in [3.63, 3.8) is 0 Å². The van der Waals surface area contributed by atoms with E-state index in [1.807, 2.05) is 26.3 Å². The summed E-state index contributed by atoms with van der Waals surface area (Å²) < 4.78 is 5.53. The number of anilines is 2. The first-order valence-electron chi connectivity index (χ1n) is 6.03. The second kappa shape index (κ2) is 6.42. The normalized spacial score (nSPS) is 10.5. The summed E-state index contributed by atoms with van der Waals surface area (Å²) >= 11 is 1.50. The number of nitrogens with zero attached hydrogens (tertiary/aromatic N) is 3. The van der Waals surface area contributed by atoms with Gasteiger partial charge in [-0.05, 0) is 6.26 Å². The number of oxazole rings is 1. The summed E-state index contributed by atoms with van der Waals surface area (Å²) in [6.45, 7) is 2.54. The third-order valence-electron chi connectivity index (χ3n) is 2.51. The molecule has 0 unspecified atom stereocenters. The van der Waals surface area contributed by atoms with Crippen LogP contribution in [0.5, 0.6) is 0 Å². The third kappa shape index (κ3) is 3.60. The molecule has 0 aromatic carbocycles. The Labute approximate surface area is 116 Å². The van der Waals surface area contributed by atoms with Gasteiger partial charge in [0.2, 0.25) is 5.89 Å². The molecule has 0 saturated carbocycles. The summed E-state index contributed by atoms with van der Waals surface area (Å²) in [7, 11) is 1.83. The van der Waals surface area contributed by atoms with Gasteiger partial charge in [0.05, 0.1) is 12.7 Å². The van der Waals surface area contributed by atoms with Crippen LogP contribution < -0.4 is 10.6 Å². The van der Waals surface area contributed by atoms with Gasteiger partial charge in [0.25, 0.3) is 0 Å². The summed E-state index contributed by atoms with van der Waals surface area (Å²) in [4.78, 5) is 12.9. The number of aryl methyl sites for hydroxylation is 1. The van der Waals surface area contributed by atoms with Gasteiger partial charge in [0.1, 0.15) is 17.4 Å². The van der Waals surface area contributed by atoms with Gasteiger partial charge in [-0.3, -0.25) is 0 Å². The van der Waals surface area contributed by atoms with Crippen molar-refractivity contribution in [2.45, 2.75) is 25.0 Å². The second-order valence-electron chi connectivity index (χ2n) is 3.80. The van der Waals surface area contributed by atoms with Gasteiger partial charge in [-0.25, -0.2) is 15.0 Å². The van der Waals surface area contributed by atoms with Crippen LogP contribution in [0.2, 0.25) is 0 Å². The van der Waals surface area contributed by atoms with Crippen LogP contribution in [0.3, 0.4) is 0 Å². The highest BCUT2D eigenvalue weighted by atomic mass is 32.2. The maximum Gasteiger partial charge on any atom is 0.213 e. The van der Waals surface area contributed by atoms with Crippen LogP contribution in [-0.2, 0) is 13.0 Å². The molecule has 0 aliphatic heterocycles. The number of hydrogen-bond donors (Lipinski definition) is 2. The van der Waals surface area contributed by atoms with E-state index in [2.05, 4.69) is 25.6 Å². The average molecular weight is 279 g/mol. The Balaban J connectivity index is 2.05. The lowest BCUT2D eigenvalue weighted by atomic mass is 10.4. The molecule has 0 amide bonds. The molecule has 0 saturated heterocycles. The monoisotopic (exact) mass is 279 g/mol. The first kappa shape index (κ1) is 13.7. The lowest BCUT2D eigenvalue weighted by Gasteiger charge is -2.07. The Kier molecular flexibility index (Phi) is 4.62. The molecule has 0 fully saturated rings. The zero-order chi connectivity index (χ0) is 13.7. The summed E-state index contributed by atoms with van der Waals surface area (Å²) in [5.41, 5.74) is 0. The Morgan fingerprint density at radius 3 is 2.74 bits per heavy atom. The smallest absolute Gasteiger partial charge is 0.213 e. The minimum Gasteiger partial charge on any atom is -0.444 e.